The molecule has 1 aromatic carbocycles. The van der Waals surface area contributed by atoms with Gasteiger partial charge in [-0.25, -0.2) is 4.79 Å². The van der Waals surface area contributed by atoms with Crippen molar-refractivity contribution in [1.82, 2.24) is 0 Å². The molecule has 1 fully saturated rings. The second kappa shape index (κ2) is 10.7. The van der Waals surface area contributed by atoms with Crippen molar-refractivity contribution in [3.8, 4) is 5.75 Å². The molecule has 2 unspecified atom stereocenters. The second-order valence-electron chi connectivity index (χ2n) is 7.55. The van der Waals surface area contributed by atoms with Crippen LogP contribution in [0.4, 0.5) is 13.2 Å². The average molecular weight is 444 g/mol. The van der Waals surface area contributed by atoms with Crippen LogP contribution in [0.2, 0.25) is 0 Å². The highest BCUT2D eigenvalue weighted by molar-refractivity contribution is 5.96. The number of benzene rings is 1. The summed E-state index contributed by atoms with van der Waals surface area (Å²) in [7, 11) is 0. The minimum Gasteiger partial charge on any atom is -0.461 e. The van der Waals surface area contributed by atoms with Gasteiger partial charge in [-0.15, -0.1) is 13.2 Å². The van der Waals surface area contributed by atoms with Crippen LogP contribution in [0, 0.1) is 5.92 Å². The molecule has 2 rings (SSSR count). The Morgan fingerprint density at radius 2 is 1.97 bits per heavy atom. The van der Waals surface area contributed by atoms with Gasteiger partial charge in [0, 0.05) is 12.0 Å². The molecule has 1 saturated heterocycles. The van der Waals surface area contributed by atoms with E-state index >= 15 is 0 Å². The number of unbranched alkanes of at least 4 members (excludes halogenated alkanes) is 1. The molecule has 1 aliphatic heterocycles. The molecule has 2 atom stereocenters. The zero-order valence-electron chi connectivity index (χ0n) is 17.5. The van der Waals surface area contributed by atoms with Crippen LogP contribution in [0.3, 0.4) is 0 Å². The Hall–Kier alpha value is -2.55. The van der Waals surface area contributed by atoms with Crippen molar-refractivity contribution >= 4 is 18.0 Å². The smallest absolute Gasteiger partial charge is 0.461 e. The van der Waals surface area contributed by atoms with E-state index in [2.05, 4.69) is 4.74 Å². The van der Waals surface area contributed by atoms with E-state index in [1.807, 2.05) is 13.8 Å². The number of alkyl halides is 3. The average Bonchev–Trinajstić information content (AvgIpc) is 3.03. The number of hydrogen-bond donors (Lipinski definition) is 1. The zero-order chi connectivity index (χ0) is 23.1. The summed E-state index contributed by atoms with van der Waals surface area (Å²) in [5, 5.41) is 9.79. The molecule has 172 valence electrons. The van der Waals surface area contributed by atoms with Gasteiger partial charge in [0.2, 0.25) is 0 Å². The Kier molecular flexibility index (Phi) is 8.50. The standard InChI is InChI=1S/C22H27F3O6/c1-3-5-6-16(4-2)19(27)29-14-21(13-26)12-17(20(28)31-21)11-15-7-9-18(10-8-15)30-22(23,24)25/h7-11,16,26H,3-6,12-14H2,1-2H3/b17-11+. The molecule has 0 spiro atoms. The van der Waals surface area contributed by atoms with Gasteiger partial charge >= 0.3 is 18.3 Å². The van der Waals surface area contributed by atoms with Crippen molar-refractivity contribution in [2.24, 2.45) is 5.92 Å². The first-order valence-corrected chi connectivity index (χ1v) is 10.2. The first-order valence-electron chi connectivity index (χ1n) is 10.2. The summed E-state index contributed by atoms with van der Waals surface area (Å²) < 4.78 is 51.2. The fraction of sp³-hybridized carbons (Fsp3) is 0.545. The van der Waals surface area contributed by atoms with E-state index in [-0.39, 0.29) is 30.3 Å². The summed E-state index contributed by atoms with van der Waals surface area (Å²) in [6.45, 7) is 3.12. The van der Waals surface area contributed by atoms with Crippen LogP contribution < -0.4 is 4.74 Å². The van der Waals surface area contributed by atoms with Gasteiger partial charge in [0.05, 0.1) is 12.5 Å². The largest absolute Gasteiger partial charge is 0.573 e. The summed E-state index contributed by atoms with van der Waals surface area (Å²) in [5.41, 5.74) is -0.702. The Morgan fingerprint density at radius 3 is 2.52 bits per heavy atom. The minimum atomic E-state index is -4.79. The van der Waals surface area contributed by atoms with Crippen molar-refractivity contribution in [2.75, 3.05) is 13.2 Å². The fourth-order valence-electron chi connectivity index (χ4n) is 3.27. The molecule has 0 aliphatic carbocycles. The summed E-state index contributed by atoms with van der Waals surface area (Å²) in [6, 6.07) is 4.98. The maximum absolute atomic E-state index is 12.3. The van der Waals surface area contributed by atoms with Crippen molar-refractivity contribution in [3.63, 3.8) is 0 Å². The third-order valence-electron chi connectivity index (χ3n) is 5.04. The molecule has 1 aliphatic rings. The second-order valence-corrected chi connectivity index (χ2v) is 7.55. The highest BCUT2D eigenvalue weighted by Crippen LogP contribution is 2.33. The topological polar surface area (TPSA) is 82.1 Å². The number of aliphatic hydroxyl groups is 1. The summed E-state index contributed by atoms with van der Waals surface area (Å²) in [6.07, 6.45) is -0.147. The fourth-order valence-corrected chi connectivity index (χ4v) is 3.27. The maximum Gasteiger partial charge on any atom is 0.573 e. The van der Waals surface area contributed by atoms with Crippen molar-refractivity contribution in [2.45, 2.75) is 57.9 Å². The lowest BCUT2D eigenvalue weighted by molar-refractivity contribution is -0.274. The predicted octanol–water partition coefficient (Wildman–Crippen LogP) is 4.41. The number of cyclic esters (lactones) is 1. The number of halogens is 3. The quantitative estimate of drug-likeness (QED) is 0.425. The van der Waals surface area contributed by atoms with Gasteiger partial charge in [0.1, 0.15) is 12.4 Å². The Balaban J connectivity index is 2.04. The number of rotatable bonds is 10. The number of aliphatic hydroxyl groups excluding tert-OH is 1. The summed E-state index contributed by atoms with van der Waals surface area (Å²) >= 11 is 0. The molecule has 0 saturated carbocycles. The van der Waals surface area contributed by atoms with Crippen molar-refractivity contribution in [3.05, 3.63) is 35.4 Å². The Bertz CT molecular complexity index is 787. The number of carbonyl (C=O) groups excluding carboxylic acids is 2. The van der Waals surface area contributed by atoms with Gasteiger partial charge in [-0.1, -0.05) is 38.8 Å². The molecule has 1 heterocycles. The minimum absolute atomic E-state index is 0.00215. The van der Waals surface area contributed by atoms with Crippen LogP contribution in [0.15, 0.2) is 29.8 Å². The lowest BCUT2D eigenvalue weighted by Crippen LogP contribution is -2.40. The molecular weight excluding hydrogens is 417 g/mol. The van der Waals surface area contributed by atoms with Crippen LogP contribution in [-0.2, 0) is 19.1 Å². The predicted molar refractivity (Wildman–Crippen MR) is 106 cm³/mol. The maximum atomic E-state index is 12.3. The summed E-state index contributed by atoms with van der Waals surface area (Å²) in [5.74, 6) is -1.70. The molecule has 0 aromatic heterocycles. The van der Waals surface area contributed by atoms with Crippen LogP contribution in [0.25, 0.3) is 6.08 Å². The monoisotopic (exact) mass is 444 g/mol. The molecule has 1 N–H and O–H groups in total. The van der Waals surface area contributed by atoms with E-state index < -0.39 is 30.5 Å². The number of ether oxygens (including phenoxy) is 3. The third kappa shape index (κ3) is 7.27. The lowest BCUT2D eigenvalue weighted by Gasteiger charge is -2.25. The van der Waals surface area contributed by atoms with Gasteiger partial charge in [-0.2, -0.15) is 0 Å². The normalized spacial score (nSPS) is 21.1. The van der Waals surface area contributed by atoms with E-state index in [0.717, 1.165) is 25.0 Å². The van der Waals surface area contributed by atoms with E-state index in [9.17, 15) is 27.9 Å². The Labute approximate surface area is 179 Å². The van der Waals surface area contributed by atoms with Gasteiger partial charge in [-0.05, 0) is 36.6 Å². The first kappa shape index (κ1) is 24.7. The Morgan fingerprint density at radius 1 is 1.29 bits per heavy atom. The van der Waals surface area contributed by atoms with E-state index in [4.69, 9.17) is 9.47 Å². The van der Waals surface area contributed by atoms with Crippen LogP contribution in [-0.4, -0.2) is 42.2 Å². The molecule has 0 radical (unpaired) electrons. The molecule has 6 nitrogen and oxygen atoms in total. The molecule has 31 heavy (non-hydrogen) atoms. The molecule has 0 amide bonds. The number of hydrogen-bond acceptors (Lipinski definition) is 6. The SMILES string of the molecule is CCCCC(CC)C(=O)OCC1(CO)C/C(=C\c2ccc(OC(F)(F)F)cc2)C(=O)O1. The van der Waals surface area contributed by atoms with E-state index in [0.29, 0.717) is 18.4 Å². The first-order chi connectivity index (χ1) is 14.6. The molecule has 0 bridgehead atoms. The van der Waals surface area contributed by atoms with Gasteiger partial charge in [-0.3, -0.25) is 4.79 Å². The highest BCUT2D eigenvalue weighted by atomic mass is 19.4. The van der Waals surface area contributed by atoms with Crippen LogP contribution in [0.1, 0.15) is 51.5 Å². The van der Waals surface area contributed by atoms with Crippen LogP contribution >= 0.6 is 0 Å². The summed E-state index contributed by atoms with van der Waals surface area (Å²) in [4.78, 5) is 24.6. The number of esters is 2. The number of carbonyl (C=O) groups is 2. The highest BCUT2D eigenvalue weighted by Gasteiger charge is 2.45. The van der Waals surface area contributed by atoms with E-state index in [1.54, 1.807) is 0 Å². The van der Waals surface area contributed by atoms with Crippen LogP contribution in [0.5, 0.6) is 5.75 Å². The van der Waals surface area contributed by atoms with Gasteiger partial charge < -0.3 is 19.3 Å². The molecule has 9 heteroatoms. The van der Waals surface area contributed by atoms with Gasteiger partial charge in [0.15, 0.2) is 5.60 Å². The molecular formula is C22H27F3O6. The third-order valence-corrected chi connectivity index (χ3v) is 5.04. The van der Waals surface area contributed by atoms with Crippen molar-refractivity contribution in [1.29, 1.82) is 0 Å². The lowest BCUT2D eigenvalue weighted by atomic mass is 9.97. The van der Waals surface area contributed by atoms with Gasteiger partial charge in [0.25, 0.3) is 0 Å². The zero-order valence-corrected chi connectivity index (χ0v) is 17.5. The van der Waals surface area contributed by atoms with Crippen molar-refractivity contribution < 1.29 is 42.1 Å². The van der Waals surface area contributed by atoms with E-state index in [1.165, 1.54) is 18.2 Å². The molecule has 1 aromatic rings.